The Kier molecular flexibility index (Phi) is 8.52. The first-order valence-corrected chi connectivity index (χ1v) is 12.5. The molecule has 0 saturated carbocycles. The summed E-state index contributed by atoms with van der Waals surface area (Å²) in [6, 6.07) is 39.1. The van der Waals surface area contributed by atoms with E-state index in [1.165, 1.54) is 0 Å². The molecule has 2 unspecified atom stereocenters. The molecule has 4 aromatic carbocycles. The second kappa shape index (κ2) is 12.0. The largest absolute Gasteiger partial charge is 0.367 e. The minimum absolute atomic E-state index is 0.403. The summed E-state index contributed by atoms with van der Waals surface area (Å²) >= 11 is 0. The van der Waals surface area contributed by atoms with Crippen LogP contribution in [0.15, 0.2) is 147 Å². The highest BCUT2D eigenvalue weighted by molar-refractivity contribution is 5.43. The van der Waals surface area contributed by atoms with Crippen LogP contribution in [0.3, 0.4) is 0 Å². The maximum Gasteiger partial charge on any atom is 0.171 e. The van der Waals surface area contributed by atoms with E-state index in [-0.39, 0.29) is 0 Å². The number of allylic oxidation sites excluding steroid dienone is 2. The standard InChI is InChI=1S/C34H34O3/c1-3-25-33(27-17-9-5-10-18-27,28-19-11-6-12-20-28)31(35)37-32(36)34(26-4-2,29-21-13-7-14-22-29)30-23-15-8-16-24-30/h3-24,31-32,35-36H,1-2,25-26H2. The van der Waals surface area contributed by atoms with E-state index in [0.717, 1.165) is 22.3 Å². The Balaban J connectivity index is 1.86. The fourth-order valence-corrected chi connectivity index (χ4v) is 5.33. The first-order chi connectivity index (χ1) is 18.1. The quantitative estimate of drug-likeness (QED) is 0.170. The van der Waals surface area contributed by atoms with E-state index in [9.17, 15) is 10.2 Å². The number of aliphatic hydroxyl groups is 2. The van der Waals surface area contributed by atoms with Gasteiger partial charge in [-0.2, -0.15) is 0 Å². The molecule has 188 valence electrons. The summed E-state index contributed by atoms with van der Waals surface area (Å²) < 4.78 is 6.32. The molecule has 0 spiro atoms. The predicted molar refractivity (Wildman–Crippen MR) is 150 cm³/mol. The van der Waals surface area contributed by atoms with Gasteiger partial charge in [0, 0.05) is 0 Å². The molecule has 37 heavy (non-hydrogen) atoms. The number of ether oxygens (including phenoxy) is 1. The summed E-state index contributed by atoms with van der Waals surface area (Å²) in [6.07, 6.45) is 1.60. The topological polar surface area (TPSA) is 49.7 Å². The van der Waals surface area contributed by atoms with Crippen molar-refractivity contribution >= 4 is 0 Å². The van der Waals surface area contributed by atoms with E-state index in [1.807, 2.05) is 121 Å². The van der Waals surface area contributed by atoms with Gasteiger partial charge < -0.3 is 14.9 Å². The lowest BCUT2D eigenvalue weighted by atomic mass is 9.70. The number of hydrogen-bond donors (Lipinski definition) is 2. The van der Waals surface area contributed by atoms with Crippen molar-refractivity contribution in [3.8, 4) is 0 Å². The van der Waals surface area contributed by atoms with Gasteiger partial charge in [-0.15, -0.1) is 13.2 Å². The maximum absolute atomic E-state index is 11.9. The number of benzene rings is 4. The van der Waals surface area contributed by atoms with Crippen molar-refractivity contribution in [2.75, 3.05) is 0 Å². The van der Waals surface area contributed by atoms with Gasteiger partial charge in [-0.05, 0) is 35.1 Å². The van der Waals surface area contributed by atoms with Crippen LogP contribution in [0, 0.1) is 0 Å². The molecule has 0 aliphatic carbocycles. The van der Waals surface area contributed by atoms with Gasteiger partial charge in [0.2, 0.25) is 0 Å². The summed E-state index contributed by atoms with van der Waals surface area (Å²) in [7, 11) is 0. The maximum atomic E-state index is 11.9. The fraction of sp³-hybridized carbons (Fsp3) is 0.176. The molecule has 2 N–H and O–H groups in total. The van der Waals surface area contributed by atoms with Crippen molar-refractivity contribution in [3.63, 3.8) is 0 Å². The minimum Gasteiger partial charge on any atom is -0.367 e. The molecule has 0 radical (unpaired) electrons. The van der Waals surface area contributed by atoms with Crippen molar-refractivity contribution in [2.24, 2.45) is 0 Å². The Labute approximate surface area is 220 Å². The Bertz CT molecular complexity index is 1070. The molecule has 0 heterocycles. The van der Waals surface area contributed by atoms with Crippen LogP contribution in [0.1, 0.15) is 35.1 Å². The lowest BCUT2D eigenvalue weighted by molar-refractivity contribution is -0.247. The molecule has 0 aromatic heterocycles. The van der Waals surface area contributed by atoms with Crippen LogP contribution in [0.25, 0.3) is 0 Å². The van der Waals surface area contributed by atoms with Gasteiger partial charge in [-0.25, -0.2) is 0 Å². The van der Waals surface area contributed by atoms with Crippen molar-refractivity contribution < 1.29 is 14.9 Å². The average molecular weight is 491 g/mol. The van der Waals surface area contributed by atoms with Gasteiger partial charge >= 0.3 is 0 Å². The molecule has 3 nitrogen and oxygen atoms in total. The summed E-state index contributed by atoms with van der Waals surface area (Å²) in [5.74, 6) is 0. The van der Waals surface area contributed by atoms with Gasteiger partial charge in [0.25, 0.3) is 0 Å². The molecule has 0 aliphatic heterocycles. The van der Waals surface area contributed by atoms with Gasteiger partial charge in [0.1, 0.15) is 0 Å². The first-order valence-electron chi connectivity index (χ1n) is 12.5. The molecule has 0 aliphatic rings. The van der Waals surface area contributed by atoms with Gasteiger partial charge in [-0.1, -0.05) is 133 Å². The first kappa shape index (κ1) is 26.3. The zero-order chi connectivity index (χ0) is 26.1. The zero-order valence-corrected chi connectivity index (χ0v) is 21.0. The third kappa shape index (κ3) is 5.07. The second-order valence-electron chi connectivity index (χ2n) is 9.23. The summed E-state index contributed by atoms with van der Waals surface area (Å²) in [6.45, 7) is 7.98. The summed E-state index contributed by atoms with van der Waals surface area (Å²) in [5, 5.41) is 23.9. The molecule has 0 amide bonds. The Morgan fingerprint density at radius 3 is 0.973 bits per heavy atom. The molecule has 0 fully saturated rings. The van der Waals surface area contributed by atoms with E-state index >= 15 is 0 Å². The molecule has 4 aromatic rings. The van der Waals surface area contributed by atoms with Crippen LogP contribution in [-0.4, -0.2) is 22.8 Å². The number of rotatable bonds is 12. The average Bonchev–Trinajstić information content (AvgIpc) is 2.96. The molecule has 3 heteroatoms. The normalized spacial score (nSPS) is 13.5. The molecular weight excluding hydrogens is 456 g/mol. The van der Waals surface area contributed by atoms with E-state index in [4.69, 9.17) is 4.74 Å². The van der Waals surface area contributed by atoms with Gasteiger partial charge in [0.05, 0.1) is 10.8 Å². The van der Waals surface area contributed by atoms with E-state index in [0.29, 0.717) is 12.8 Å². The van der Waals surface area contributed by atoms with Crippen LogP contribution >= 0.6 is 0 Å². The van der Waals surface area contributed by atoms with Crippen LogP contribution in [0.4, 0.5) is 0 Å². The van der Waals surface area contributed by atoms with Gasteiger partial charge in [0.15, 0.2) is 12.6 Å². The molecular formula is C34H34O3. The summed E-state index contributed by atoms with van der Waals surface area (Å²) in [4.78, 5) is 0. The summed E-state index contributed by atoms with van der Waals surface area (Å²) in [5.41, 5.74) is 1.50. The molecule has 0 bridgehead atoms. The number of hydrogen-bond acceptors (Lipinski definition) is 3. The third-order valence-corrected chi connectivity index (χ3v) is 7.19. The number of aliphatic hydroxyl groups excluding tert-OH is 2. The van der Waals surface area contributed by atoms with Gasteiger partial charge in [-0.3, -0.25) is 0 Å². The Hall–Kier alpha value is -3.76. The Morgan fingerprint density at radius 2 is 0.757 bits per heavy atom. The fourth-order valence-electron chi connectivity index (χ4n) is 5.33. The SMILES string of the molecule is C=CCC(c1ccccc1)(c1ccccc1)C(O)OC(O)C(CC=C)(c1ccccc1)c1ccccc1. The highest BCUT2D eigenvalue weighted by Crippen LogP contribution is 2.44. The van der Waals surface area contributed by atoms with Crippen LogP contribution < -0.4 is 0 Å². The molecule has 2 atom stereocenters. The van der Waals surface area contributed by atoms with Crippen molar-refractivity contribution in [1.29, 1.82) is 0 Å². The zero-order valence-electron chi connectivity index (χ0n) is 21.0. The lowest BCUT2D eigenvalue weighted by Gasteiger charge is -2.43. The van der Waals surface area contributed by atoms with Crippen molar-refractivity contribution in [3.05, 3.63) is 169 Å². The van der Waals surface area contributed by atoms with E-state index in [2.05, 4.69) is 13.2 Å². The molecule has 0 saturated heterocycles. The van der Waals surface area contributed by atoms with E-state index in [1.54, 1.807) is 12.2 Å². The highest BCUT2D eigenvalue weighted by atomic mass is 16.7. The minimum atomic E-state index is -1.39. The Morgan fingerprint density at radius 1 is 0.514 bits per heavy atom. The van der Waals surface area contributed by atoms with Crippen LogP contribution in [0.5, 0.6) is 0 Å². The van der Waals surface area contributed by atoms with Crippen LogP contribution in [-0.2, 0) is 15.6 Å². The van der Waals surface area contributed by atoms with E-state index < -0.39 is 23.4 Å². The van der Waals surface area contributed by atoms with Crippen molar-refractivity contribution in [2.45, 2.75) is 36.3 Å². The lowest BCUT2D eigenvalue weighted by Crippen LogP contribution is -2.50. The smallest absolute Gasteiger partial charge is 0.171 e. The second-order valence-corrected chi connectivity index (χ2v) is 9.23. The van der Waals surface area contributed by atoms with Crippen LogP contribution in [0.2, 0.25) is 0 Å². The van der Waals surface area contributed by atoms with Crippen molar-refractivity contribution in [1.82, 2.24) is 0 Å². The highest BCUT2D eigenvalue weighted by Gasteiger charge is 2.47. The third-order valence-electron chi connectivity index (χ3n) is 7.19. The monoisotopic (exact) mass is 490 g/mol. The molecule has 4 rings (SSSR count). The predicted octanol–water partition coefficient (Wildman–Crippen LogP) is 6.76.